The van der Waals surface area contributed by atoms with E-state index in [2.05, 4.69) is 11.8 Å². The number of methoxy groups -OCH3 is 2. The second kappa shape index (κ2) is 9.36. The van der Waals surface area contributed by atoms with Crippen LogP contribution < -0.4 is 0 Å². The quantitative estimate of drug-likeness (QED) is 0.466. The van der Waals surface area contributed by atoms with Crippen LogP contribution in [0.4, 0.5) is 0 Å². The summed E-state index contributed by atoms with van der Waals surface area (Å²) in [6, 6.07) is 0. The highest BCUT2D eigenvalue weighted by atomic mass is 16.5. The lowest BCUT2D eigenvalue weighted by atomic mass is 10.2. The fraction of sp³-hybridized carbons (Fsp3) is 0.750. The predicted octanol–water partition coefficient (Wildman–Crippen LogP) is 1.46. The maximum Gasteiger partial charge on any atom is 0.333 e. The van der Waals surface area contributed by atoms with Crippen molar-refractivity contribution in [1.29, 1.82) is 0 Å². The molecule has 0 saturated heterocycles. The summed E-state index contributed by atoms with van der Waals surface area (Å²) in [7, 11) is 3.10. The van der Waals surface area contributed by atoms with E-state index in [4.69, 9.17) is 9.47 Å². The van der Waals surface area contributed by atoms with Crippen molar-refractivity contribution < 1.29 is 14.3 Å². The van der Waals surface area contributed by atoms with E-state index in [1.165, 1.54) is 7.11 Å². The van der Waals surface area contributed by atoms with E-state index in [-0.39, 0.29) is 5.97 Å². The topological polar surface area (TPSA) is 38.8 Å². The third-order valence-electron chi connectivity index (χ3n) is 2.48. The SMILES string of the molecule is CCC(=CCN(CC)CCOC)C(=O)OC. The Balaban J connectivity index is 4.21. The van der Waals surface area contributed by atoms with Gasteiger partial charge in [-0.05, 0) is 13.0 Å². The van der Waals surface area contributed by atoms with Crippen molar-refractivity contribution in [2.75, 3.05) is 40.5 Å². The Kier molecular flexibility index (Phi) is 8.85. The van der Waals surface area contributed by atoms with Crippen molar-refractivity contribution in [1.82, 2.24) is 4.90 Å². The van der Waals surface area contributed by atoms with Crippen LogP contribution in [0.15, 0.2) is 11.6 Å². The molecule has 0 radical (unpaired) electrons. The van der Waals surface area contributed by atoms with Crippen LogP contribution in [0.1, 0.15) is 20.3 Å². The van der Waals surface area contributed by atoms with Crippen LogP contribution in [0.25, 0.3) is 0 Å². The van der Waals surface area contributed by atoms with E-state index in [1.807, 2.05) is 13.0 Å². The molecule has 0 aliphatic rings. The predicted molar refractivity (Wildman–Crippen MR) is 64.4 cm³/mol. The first-order chi connectivity index (χ1) is 7.69. The van der Waals surface area contributed by atoms with Gasteiger partial charge in [0.05, 0.1) is 13.7 Å². The van der Waals surface area contributed by atoms with Gasteiger partial charge in [0, 0.05) is 25.8 Å². The van der Waals surface area contributed by atoms with Gasteiger partial charge < -0.3 is 9.47 Å². The summed E-state index contributed by atoms with van der Waals surface area (Å²) >= 11 is 0. The first-order valence-electron chi connectivity index (χ1n) is 5.68. The standard InChI is InChI=1S/C12H23NO3/c1-5-11(12(14)16-4)7-8-13(6-2)9-10-15-3/h7H,5-6,8-10H2,1-4H3. The van der Waals surface area contributed by atoms with Crippen LogP contribution in [0.2, 0.25) is 0 Å². The average molecular weight is 229 g/mol. The smallest absolute Gasteiger partial charge is 0.333 e. The van der Waals surface area contributed by atoms with Gasteiger partial charge in [0.2, 0.25) is 0 Å². The first-order valence-corrected chi connectivity index (χ1v) is 5.68. The molecule has 0 rings (SSSR count). The molecule has 0 aliphatic carbocycles. The summed E-state index contributed by atoms with van der Waals surface area (Å²) in [5.41, 5.74) is 0.735. The summed E-state index contributed by atoms with van der Waals surface area (Å²) < 4.78 is 9.72. The van der Waals surface area contributed by atoms with Gasteiger partial charge in [0.25, 0.3) is 0 Å². The molecule has 0 aromatic carbocycles. The molecule has 94 valence electrons. The van der Waals surface area contributed by atoms with Crippen molar-refractivity contribution in [3.63, 3.8) is 0 Å². The fourth-order valence-corrected chi connectivity index (χ4v) is 1.34. The molecule has 0 fully saturated rings. The molecule has 0 aliphatic heterocycles. The Bertz CT molecular complexity index is 226. The summed E-state index contributed by atoms with van der Waals surface area (Å²) in [4.78, 5) is 13.5. The molecule has 0 aromatic heterocycles. The molecule has 0 unspecified atom stereocenters. The van der Waals surface area contributed by atoms with Gasteiger partial charge in [0.15, 0.2) is 0 Å². The lowest BCUT2D eigenvalue weighted by Gasteiger charge is -2.18. The van der Waals surface area contributed by atoms with E-state index in [1.54, 1.807) is 7.11 Å². The number of carbonyl (C=O) groups is 1. The Morgan fingerprint density at radius 2 is 2.00 bits per heavy atom. The Morgan fingerprint density at radius 3 is 2.44 bits per heavy atom. The second-order valence-electron chi connectivity index (χ2n) is 3.46. The third kappa shape index (κ3) is 5.88. The minimum Gasteiger partial charge on any atom is -0.466 e. The van der Waals surface area contributed by atoms with Gasteiger partial charge in [-0.1, -0.05) is 19.9 Å². The lowest BCUT2D eigenvalue weighted by Crippen LogP contribution is -2.27. The molecule has 0 heterocycles. The zero-order valence-corrected chi connectivity index (χ0v) is 10.8. The number of carbonyl (C=O) groups excluding carboxylic acids is 1. The molecule has 0 aromatic rings. The van der Waals surface area contributed by atoms with Gasteiger partial charge in [-0.15, -0.1) is 0 Å². The normalized spacial score (nSPS) is 11.9. The molecule has 4 heteroatoms. The first kappa shape index (κ1) is 15.1. The van der Waals surface area contributed by atoms with Crippen LogP contribution in [0.5, 0.6) is 0 Å². The Morgan fingerprint density at radius 1 is 1.31 bits per heavy atom. The summed E-state index contributed by atoms with van der Waals surface area (Å²) in [6.07, 6.45) is 2.64. The van der Waals surface area contributed by atoms with Crippen LogP contribution >= 0.6 is 0 Å². The van der Waals surface area contributed by atoms with E-state index in [9.17, 15) is 4.79 Å². The van der Waals surface area contributed by atoms with Crippen LogP contribution in [0, 0.1) is 0 Å². The minimum atomic E-state index is -0.231. The Labute approximate surface area is 98.2 Å². The summed E-state index contributed by atoms with van der Waals surface area (Å²) in [6.45, 7) is 7.33. The van der Waals surface area contributed by atoms with Crippen LogP contribution in [0.3, 0.4) is 0 Å². The highest BCUT2D eigenvalue weighted by Crippen LogP contribution is 2.03. The van der Waals surface area contributed by atoms with E-state index < -0.39 is 0 Å². The molecule has 0 atom stereocenters. The van der Waals surface area contributed by atoms with Crippen molar-refractivity contribution in [2.24, 2.45) is 0 Å². The summed E-state index contributed by atoms with van der Waals surface area (Å²) in [5, 5.41) is 0. The van der Waals surface area contributed by atoms with Gasteiger partial charge in [-0.25, -0.2) is 4.79 Å². The number of esters is 1. The molecule has 4 nitrogen and oxygen atoms in total. The molecular formula is C12H23NO3. The van der Waals surface area contributed by atoms with Gasteiger partial charge in [-0.2, -0.15) is 0 Å². The Hall–Kier alpha value is -0.870. The molecule has 0 spiro atoms. The average Bonchev–Trinajstić information content (AvgIpc) is 2.33. The van der Waals surface area contributed by atoms with Crippen molar-refractivity contribution in [3.05, 3.63) is 11.6 Å². The highest BCUT2D eigenvalue weighted by molar-refractivity contribution is 5.88. The van der Waals surface area contributed by atoms with Gasteiger partial charge in [0.1, 0.15) is 0 Å². The number of nitrogens with zero attached hydrogens (tertiary/aromatic N) is 1. The molecular weight excluding hydrogens is 206 g/mol. The molecule has 0 N–H and O–H groups in total. The zero-order chi connectivity index (χ0) is 12.4. The molecule has 16 heavy (non-hydrogen) atoms. The number of hydrogen-bond acceptors (Lipinski definition) is 4. The third-order valence-corrected chi connectivity index (χ3v) is 2.48. The van der Waals surface area contributed by atoms with E-state index in [0.717, 1.165) is 25.2 Å². The molecule has 0 amide bonds. The second-order valence-corrected chi connectivity index (χ2v) is 3.46. The number of ether oxygens (including phenoxy) is 2. The van der Waals surface area contributed by atoms with Gasteiger partial charge >= 0.3 is 5.97 Å². The van der Waals surface area contributed by atoms with Crippen molar-refractivity contribution in [3.8, 4) is 0 Å². The molecule has 0 bridgehead atoms. The number of likely N-dealkylation sites (N-methyl/N-ethyl adjacent to an activating group) is 1. The maximum absolute atomic E-state index is 11.3. The van der Waals surface area contributed by atoms with Crippen molar-refractivity contribution in [2.45, 2.75) is 20.3 Å². The van der Waals surface area contributed by atoms with Crippen LogP contribution in [-0.4, -0.2) is 51.3 Å². The van der Waals surface area contributed by atoms with Crippen LogP contribution in [-0.2, 0) is 14.3 Å². The lowest BCUT2D eigenvalue weighted by molar-refractivity contribution is -0.136. The monoisotopic (exact) mass is 229 g/mol. The van der Waals surface area contributed by atoms with E-state index in [0.29, 0.717) is 13.0 Å². The van der Waals surface area contributed by atoms with Gasteiger partial charge in [-0.3, -0.25) is 4.90 Å². The minimum absolute atomic E-state index is 0.231. The highest BCUT2D eigenvalue weighted by Gasteiger charge is 2.07. The zero-order valence-electron chi connectivity index (χ0n) is 10.8. The van der Waals surface area contributed by atoms with E-state index >= 15 is 0 Å². The number of hydrogen-bond donors (Lipinski definition) is 0. The molecule has 0 saturated carbocycles. The summed E-state index contributed by atoms with van der Waals surface area (Å²) in [5.74, 6) is -0.231. The van der Waals surface area contributed by atoms with Crippen molar-refractivity contribution >= 4 is 5.97 Å². The number of rotatable bonds is 8. The largest absolute Gasteiger partial charge is 0.466 e. The fourth-order valence-electron chi connectivity index (χ4n) is 1.34. The maximum atomic E-state index is 11.3.